The third kappa shape index (κ3) is 7.50. The minimum atomic E-state index is -1.72. The zero-order chi connectivity index (χ0) is 35.5. The van der Waals surface area contributed by atoms with Gasteiger partial charge in [-0.05, 0) is 74.4 Å². The van der Waals surface area contributed by atoms with Gasteiger partial charge in [-0.25, -0.2) is 4.98 Å². The van der Waals surface area contributed by atoms with Crippen LogP contribution in [0.15, 0.2) is 48.5 Å². The lowest BCUT2D eigenvalue weighted by atomic mass is 9.80. The predicted molar refractivity (Wildman–Crippen MR) is 180 cm³/mol. The number of hydrogen-bond donors (Lipinski definition) is 10. The fraction of sp³-hybridized carbons (Fsp3) is 0.344. The van der Waals surface area contributed by atoms with E-state index < -0.39 is 35.7 Å². The number of benzene rings is 3. The maximum absolute atomic E-state index is 13.9. The normalized spacial score (nSPS) is 14.4. The van der Waals surface area contributed by atoms with Gasteiger partial charge in [0.05, 0.1) is 28.1 Å². The first-order valence-electron chi connectivity index (χ1n) is 14.8. The number of amidine groups is 1. The Bertz CT molecular complexity index is 1800. The minimum absolute atomic E-state index is 0.103. The number of carbonyl (C=O) groups is 1. The van der Waals surface area contributed by atoms with E-state index in [1.807, 2.05) is 0 Å². The molecule has 0 aliphatic carbocycles. The summed E-state index contributed by atoms with van der Waals surface area (Å²) >= 11 is 0.462. The van der Waals surface area contributed by atoms with Crippen LogP contribution in [0.2, 0.25) is 0 Å². The molecular weight excluding hydrogens is 644 g/mol. The fourth-order valence-corrected chi connectivity index (χ4v) is 5.41. The molecule has 0 spiro atoms. The van der Waals surface area contributed by atoms with Crippen molar-refractivity contribution in [3.63, 3.8) is 0 Å². The average Bonchev–Trinajstić information content (AvgIpc) is 3.49. The quantitative estimate of drug-likeness (QED) is 0.0228. The van der Waals surface area contributed by atoms with E-state index in [0.29, 0.717) is 34.4 Å². The smallest absolute Gasteiger partial charge is 0.232 e. The zero-order valence-corrected chi connectivity index (χ0v) is 27.5. The van der Waals surface area contributed by atoms with Crippen LogP contribution in [0.25, 0.3) is 33.5 Å². The molecule has 12 N–H and O–H groups in total. The van der Waals surface area contributed by atoms with Gasteiger partial charge in [0.25, 0.3) is 0 Å². The first-order chi connectivity index (χ1) is 22.6. The molecule has 4 atom stereocenters. The third-order valence-electron chi connectivity index (χ3n) is 8.21. The summed E-state index contributed by atoms with van der Waals surface area (Å²) in [6.45, 7) is 4.47. The third-order valence-corrected chi connectivity index (χ3v) is 8.35. The minimum Gasteiger partial charge on any atom is -0.507 e. The number of rotatable bonds is 14. The van der Waals surface area contributed by atoms with E-state index in [-0.39, 0.29) is 58.6 Å². The summed E-state index contributed by atoms with van der Waals surface area (Å²) in [6.07, 6.45) is -6.05. The van der Waals surface area contributed by atoms with Crippen molar-refractivity contribution in [1.29, 1.82) is 5.41 Å². The van der Waals surface area contributed by atoms with Gasteiger partial charge in [-0.1, -0.05) is 11.3 Å². The van der Waals surface area contributed by atoms with E-state index in [2.05, 4.69) is 9.97 Å². The van der Waals surface area contributed by atoms with Gasteiger partial charge in [-0.15, -0.1) is 0 Å². The molecule has 0 saturated heterocycles. The molecule has 15 nitrogen and oxygen atoms in total. The van der Waals surface area contributed by atoms with Crippen LogP contribution in [-0.4, -0.2) is 95.3 Å². The molecule has 0 aliphatic rings. The van der Waals surface area contributed by atoms with Crippen molar-refractivity contribution in [2.75, 3.05) is 13.6 Å². The number of aromatic nitrogens is 2. The van der Waals surface area contributed by atoms with Crippen LogP contribution < -0.4 is 15.8 Å². The first kappa shape index (κ1) is 36.4. The van der Waals surface area contributed by atoms with Gasteiger partial charge >= 0.3 is 0 Å². The van der Waals surface area contributed by atoms with Crippen molar-refractivity contribution in [2.45, 2.75) is 57.0 Å². The van der Waals surface area contributed by atoms with Crippen LogP contribution >= 0.6 is 12.2 Å². The molecule has 1 amide bonds. The summed E-state index contributed by atoms with van der Waals surface area (Å²) in [5.74, 6) is -0.835. The summed E-state index contributed by atoms with van der Waals surface area (Å²) in [5, 5.41) is 76.7. The Morgan fingerprint density at radius 3 is 2.33 bits per heavy atom. The number of phenols is 2. The number of nitrogens with two attached hydrogens (primary N) is 2. The van der Waals surface area contributed by atoms with Crippen LogP contribution in [0, 0.1) is 5.41 Å². The standard InChI is InChI=1S/C32H40N6O9S/c1-5-23(39)27(43)28(44)25(41)14-38(4)31(45)32(2,3)16-11-19(18-13-17(46-47-48-35)7-9-24(18)40)26(42)20(12-16)30-36-21-8-6-15(29(33)34)10-22(21)37-30/h6-13,23,25,27-28,39-44H,5,14,35H2,1-4H3,(H3,33,34)(H,36,37)/t23-,25-,27+,28+/m1/s1. The number of nitrogen functional groups attached to an aromatic ring is 1. The predicted octanol–water partition coefficient (Wildman–Crippen LogP) is 2.01. The number of fused-ring (bicyclic) bond motifs is 1. The van der Waals surface area contributed by atoms with Gasteiger partial charge in [-0.2, -0.15) is 0 Å². The Balaban J connectivity index is 1.83. The largest absolute Gasteiger partial charge is 0.507 e. The summed E-state index contributed by atoms with van der Waals surface area (Å²) in [4.78, 5) is 28.0. The van der Waals surface area contributed by atoms with Crippen LogP contribution in [0.4, 0.5) is 0 Å². The van der Waals surface area contributed by atoms with Gasteiger partial charge in [0.15, 0.2) is 5.75 Å². The molecule has 1 aromatic heterocycles. The SMILES string of the molecule is CC[C@@H](O)[C@H](O)[C@@H](O)[C@H](O)CN(C)C(=O)C(C)(C)c1cc(-c2nc3ccc(C(=N)N)cc3[nH]2)c(O)c(-c2cc(OOSN)ccc2O)c1. The number of amides is 1. The van der Waals surface area contributed by atoms with E-state index >= 15 is 0 Å². The number of likely N-dealkylation sites (N-methyl/N-ethyl adjacent to an activating group) is 1. The molecule has 3 aromatic carbocycles. The highest BCUT2D eigenvalue weighted by Crippen LogP contribution is 2.45. The second-order valence-corrected chi connectivity index (χ2v) is 12.2. The Morgan fingerprint density at radius 1 is 1.02 bits per heavy atom. The molecule has 16 heteroatoms. The fourth-order valence-electron chi connectivity index (χ4n) is 5.30. The number of hydrogen-bond acceptors (Lipinski definition) is 13. The number of aromatic hydroxyl groups is 2. The number of phenolic OH excluding ortho intramolecular Hbond substituents is 2. The number of aliphatic hydroxyl groups is 4. The molecule has 0 unspecified atom stereocenters. The number of carbonyl (C=O) groups excluding carboxylic acids is 1. The maximum atomic E-state index is 13.9. The molecule has 0 saturated carbocycles. The molecule has 258 valence electrons. The second-order valence-electron chi connectivity index (χ2n) is 11.9. The van der Waals surface area contributed by atoms with Crippen molar-refractivity contribution in [1.82, 2.24) is 14.9 Å². The van der Waals surface area contributed by atoms with Crippen LogP contribution in [0.5, 0.6) is 17.2 Å². The molecule has 0 radical (unpaired) electrons. The van der Waals surface area contributed by atoms with E-state index in [0.717, 1.165) is 0 Å². The van der Waals surface area contributed by atoms with Gasteiger partial charge in [0.2, 0.25) is 5.91 Å². The van der Waals surface area contributed by atoms with Gasteiger partial charge < -0.3 is 51.1 Å². The Kier molecular flexibility index (Phi) is 11.2. The van der Waals surface area contributed by atoms with Crippen molar-refractivity contribution in [3.05, 3.63) is 59.7 Å². The molecule has 1 heterocycles. The van der Waals surface area contributed by atoms with Gasteiger partial charge in [0, 0.05) is 30.3 Å². The molecule has 0 bridgehead atoms. The van der Waals surface area contributed by atoms with Crippen LogP contribution in [0.3, 0.4) is 0 Å². The average molecular weight is 685 g/mol. The molecule has 0 fully saturated rings. The number of H-pyrrole nitrogens is 1. The highest BCUT2D eigenvalue weighted by atomic mass is 32.2. The monoisotopic (exact) mass is 684 g/mol. The highest BCUT2D eigenvalue weighted by Gasteiger charge is 2.37. The van der Waals surface area contributed by atoms with Crippen LogP contribution in [-0.2, 0) is 14.5 Å². The lowest BCUT2D eigenvalue weighted by Gasteiger charge is -2.33. The maximum Gasteiger partial charge on any atom is 0.232 e. The highest BCUT2D eigenvalue weighted by molar-refractivity contribution is 7.92. The van der Waals surface area contributed by atoms with E-state index in [1.165, 1.54) is 36.2 Å². The molecule has 48 heavy (non-hydrogen) atoms. The first-order valence-corrected chi connectivity index (χ1v) is 15.6. The van der Waals surface area contributed by atoms with E-state index in [4.69, 9.17) is 25.5 Å². The number of nitrogens with one attached hydrogen (secondary N) is 2. The van der Waals surface area contributed by atoms with Gasteiger partial charge in [0.1, 0.15) is 53.7 Å². The number of nitrogens with zero attached hydrogens (tertiary/aromatic N) is 2. The molecule has 4 rings (SSSR count). The van der Waals surface area contributed by atoms with Crippen molar-refractivity contribution in [3.8, 4) is 39.8 Å². The van der Waals surface area contributed by atoms with E-state index in [9.17, 15) is 35.4 Å². The zero-order valence-electron chi connectivity index (χ0n) is 26.7. The Labute approximate surface area is 280 Å². The lowest BCUT2D eigenvalue weighted by Crippen LogP contribution is -2.51. The molecular formula is C32H40N6O9S. The van der Waals surface area contributed by atoms with Crippen molar-refractivity contribution >= 4 is 35.0 Å². The summed E-state index contributed by atoms with van der Waals surface area (Å²) in [6, 6.07) is 12.2. The van der Waals surface area contributed by atoms with Crippen molar-refractivity contribution < 1.29 is 44.7 Å². The second kappa shape index (κ2) is 14.8. The Hall–Kier alpha value is -4.42. The molecule has 4 aromatic rings. The molecule has 0 aliphatic heterocycles. The Morgan fingerprint density at radius 2 is 1.69 bits per heavy atom. The van der Waals surface area contributed by atoms with Gasteiger partial charge in [-0.3, -0.25) is 15.3 Å². The van der Waals surface area contributed by atoms with Crippen LogP contribution in [0.1, 0.15) is 38.3 Å². The topological polar surface area (TPSA) is 265 Å². The summed E-state index contributed by atoms with van der Waals surface area (Å²) in [5.41, 5.74) is 6.54. The summed E-state index contributed by atoms with van der Waals surface area (Å²) in [7, 11) is 1.42. The number of aliphatic hydroxyl groups excluding tert-OH is 4. The number of imidazole rings is 1. The van der Waals surface area contributed by atoms with E-state index in [1.54, 1.807) is 45.0 Å². The van der Waals surface area contributed by atoms with Crippen molar-refractivity contribution in [2.24, 2.45) is 10.9 Å². The lowest BCUT2D eigenvalue weighted by molar-refractivity contribution is -0.141. The number of aromatic amines is 1. The summed E-state index contributed by atoms with van der Waals surface area (Å²) < 4.78 is 4.75.